The van der Waals surface area contributed by atoms with Crippen LogP contribution in [-0.4, -0.2) is 18.3 Å². The third kappa shape index (κ3) is 2.13. The molecule has 0 aromatic carbocycles. The highest BCUT2D eigenvalue weighted by atomic mass is 16.5. The van der Waals surface area contributed by atoms with Crippen LogP contribution in [0, 0.1) is 18.3 Å². The molecule has 80 valence electrons. The van der Waals surface area contributed by atoms with E-state index < -0.39 is 0 Å². The minimum atomic E-state index is 0.231. The number of hydrogen-bond donors (Lipinski definition) is 1. The van der Waals surface area contributed by atoms with E-state index in [9.17, 15) is 0 Å². The molecular formula is C11H14N2O2. The maximum Gasteiger partial charge on any atom is 0.259 e. The van der Waals surface area contributed by atoms with Crippen molar-refractivity contribution < 1.29 is 9.26 Å². The summed E-state index contributed by atoms with van der Waals surface area (Å²) in [6.07, 6.45) is 6.02. The Morgan fingerprint density at radius 1 is 1.73 bits per heavy atom. The zero-order valence-corrected chi connectivity index (χ0v) is 8.75. The van der Waals surface area contributed by atoms with E-state index in [4.69, 9.17) is 15.7 Å². The first-order valence-corrected chi connectivity index (χ1v) is 5.05. The van der Waals surface area contributed by atoms with E-state index in [1.165, 1.54) is 0 Å². The second-order valence-electron chi connectivity index (χ2n) is 3.82. The van der Waals surface area contributed by atoms with Gasteiger partial charge in [-0.1, -0.05) is 12.8 Å². The molecule has 0 aliphatic carbocycles. The zero-order valence-electron chi connectivity index (χ0n) is 8.75. The van der Waals surface area contributed by atoms with Crippen LogP contribution >= 0.6 is 0 Å². The van der Waals surface area contributed by atoms with Crippen molar-refractivity contribution in [1.82, 2.24) is 10.5 Å². The molecule has 2 heterocycles. The van der Waals surface area contributed by atoms with Gasteiger partial charge in [-0.15, -0.1) is 6.42 Å². The number of fused-ring (bicyclic) bond motifs is 1. The van der Waals surface area contributed by atoms with Crippen LogP contribution in [0.5, 0.6) is 5.88 Å². The van der Waals surface area contributed by atoms with Crippen LogP contribution in [0.3, 0.4) is 0 Å². The lowest BCUT2D eigenvalue weighted by Gasteiger charge is -2.04. The van der Waals surface area contributed by atoms with Crippen molar-refractivity contribution in [1.29, 1.82) is 0 Å². The molecule has 4 heteroatoms. The standard InChI is InChI=1S/C11H14N2O2/c1-3-4-14-11-9-7-12-6-8(2)5-10(9)15-13-11/h1,8,12H,4-7H2,2H3. The van der Waals surface area contributed by atoms with Crippen molar-refractivity contribution >= 4 is 0 Å². The van der Waals surface area contributed by atoms with E-state index in [1.807, 2.05) is 0 Å². The van der Waals surface area contributed by atoms with Gasteiger partial charge in [0.25, 0.3) is 5.88 Å². The van der Waals surface area contributed by atoms with Crippen molar-refractivity contribution in [3.63, 3.8) is 0 Å². The Labute approximate surface area is 89.0 Å². The Balaban J connectivity index is 2.18. The normalized spacial score (nSPS) is 20.1. The first-order valence-electron chi connectivity index (χ1n) is 5.05. The highest BCUT2D eigenvalue weighted by Gasteiger charge is 2.21. The molecule has 1 aromatic rings. The molecule has 15 heavy (non-hydrogen) atoms. The molecular weight excluding hydrogens is 192 g/mol. The molecule has 0 spiro atoms. The van der Waals surface area contributed by atoms with Gasteiger partial charge in [-0.25, -0.2) is 0 Å². The summed E-state index contributed by atoms with van der Waals surface area (Å²) in [6, 6.07) is 0. The van der Waals surface area contributed by atoms with Crippen molar-refractivity contribution in [2.24, 2.45) is 5.92 Å². The van der Waals surface area contributed by atoms with Gasteiger partial charge in [0.05, 0.1) is 5.56 Å². The van der Waals surface area contributed by atoms with Gasteiger partial charge in [-0.05, 0) is 17.6 Å². The number of terminal acetylenes is 1. The summed E-state index contributed by atoms with van der Waals surface area (Å²) in [5.41, 5.74) is 1.01. The molecule has 4 nitrogen and oxygen atoms in total. The molecule has 1 N–H and O–H groups in total. The molecule has 0 fully saturated rings. The number of nitrogens with zero attached hydrogens (tertiary/aromatic N) is 1. The third-order valence-corrected chi connectivity index (χ3v) is 2.45. The van der Waals surface area contributed by atoms with Crippen LogP contribution in [0.25, 0.3) is 0 Å². The number of nitrogens with one attached hydrogen (secondary N) is 1. The summed E-state index contributed by atoms with van der Waals surface area (Å²) in [6.45, 7) is 4.13. The summed E-state index contributed by atoms with van der Waals surface area (Å²) in [5.74, 6) is 4.42. The second kappa shape index (κ2) is 4.37. The fourth-order valence-electron chi connectivity index (χ4n) is 1.72. The van der Waals surface area contributed by atoms with Crippen LogP contribution in [0.15, 0.2) is 4.52 Å². The lowest BCUT2D eigenvalue weighted by molar-refractivity contribution is 0.300. The molecule has 0 amide bonds. The fourth-order valence-corrected chi connectivity index (χ4v) is 1.72. The van der Waals surface area contributed by atoms with Crippen LogP contribution < -0.4 is 10.1 Å². The largest absolute Gasteiger partial charge is 0.462 e. The van der Waals surface area contributed by atoms with Crippen molar-refractivity contribution in [2.75, 3.05) is 13.2 Å². The Morgan fingerprint density at radius 2 is 2.60 bits per heavy atom. The van der Waals surface area contributed by atoms with E-state index in [0.29, 0.717) is 11.8 Å². The van der Waals surface area contributed by atoms with Gasteiger partial charge < -0.3 is 14.6 Å². The number of rotatable bonds is 2. The van der Waals surface area contributed by atoms with Gasteiger partial charge in [0.2, 0.25) is 0 Å². The average molecular weight is 206 g/mol. The van der Waals surface area contributed by atoms with Gasteiger partial charge in [-0.3, -0.25) is 0 Å². The van der Waals surface area contributed by atoms with E-state index in [-0.39, 0.29) is 6.61 Å². The predicted molar refractivity (Wildman–Crippen MR) is 55.4 cm³/mol. The smallest absolute Gasteiger partial charge is 0.259 e. The second-order valence-corrected chi connectivity index (χ2v) is 3.82. The molecule has 2 rings (SSSR count). The van der Waals surface area contributed by atoms with Gasteiger partial charge >= 0.3 is 0 Å². The van der Waals surface area contributed by atoms with Gasteiger partial charge in [0.1, 0.15) is 5.76 Å². The molecule has 1 aliphatic heterocycles. The number of ether oxygens (including phenoxy) is 1. The SMILES string of the molecule is C#CCOc1noc2c1CNCC(C)C2. The van der Waals surface area contributed by atoms with Crippen LogP contribution in [0.4, 0.5) is 0 Å². The third-order valence-electron chi connectivity index (χ3n) is 2.45. The first-order chi connectivity index (χ1) is 7.31. The van der Waals surface area contributed by atoms with E-state index in [2.05, 4.69) is 23.3 Å². The predicted octanol–water partition coefficient (Wildman–Crippen LogP) is 0.968. The van der Waals surface area contributed by atoms with Gasteiger partial charge in [-0.2, -0.15) is 0 Å². The minimum Gasteiger partial charge on any atom is -0.462 e. The summed E-state index contributed by atoms with van der Waals surface area (Å²) in [7, 11) is 0. The summed E-state index contributed by atoms with van der Waals surface area (Å²) >= 11 is 0. The van der Waals surface area contributed by atoms with Gasteiger partial charge in [0, 0.05) is 13.0 Å². The molecule has 1 aliphatic rings. The summed E-state index contributed by atoms with van der Waals surface area (Å²) in [4.78, 5) is 0. The first kappa shape index (κ1) is 10.1. The Bertz CT molecular complexity index is 378. The topological polar surface area (TPSA) is 47.3 Å². The summed E-state index contributed by atoms with van der Waals surface area (Å²) in [5, 5.41) is 7.20. The van der Waals surface area contributed by atoms with Crippen LogP contribution in [0.2, 0.25) is 0 Å². The Morgan fingerprint density at radius 3 is 3.40 bits per heavy atom. The maximum atomic E-state index is 5.30. The summed E-state index contributed by atoms with van der Waals surface area (Å²) < 4.78 is 10.6. The zero-order chi connectivity index (χ0) is 10.7. The number of aromatic nitrogens is 1. The van der Waals surface area contributed by atoms with E-state index >= 15 is 0 Å². The molecule has 0 saturated heterocycles. The van der Waals surface area contributed by atoms with Crippen molar-refractivity contribution in [3.8, 4) is 18.2 Å². The van der Waals surface area contributed by atoms with Crippen LogP contribution in [-0.2, 0) is 13.0 Å². The maximum absolute atomic E-state index is 5.30. The van der Waals surface area contributed by atoms with Crippen molar-refractivity contribution in [3.05, 3.63) is 11.3 Å². The monoisotopic (exact) mass is 206 g/mol. The molecule has 0 radical (unpaired) electrons. The fraction of sp³-hybridized carbons (Fsp3) is 0.545. The molecule has 0 saturated carbocycles. The quantitative estimate of drug-likeness (QED) is 0.732. The Kier molecular flexibility index (Phi) is 2.93. The molecule has 1 aromatic heterocycles. The lowest BCUT2D eigenvalue weighted by atomic mass is 10.1. The minimum absolute atomic E-state index is 0.231. The molecule has 0 bridgehead atoms. The van der Waals surface area contributed by atoms with Crippen LogP contribution in [0.1, 0.15) is 18.2 Å². The Hall–Kier alpha value is -1.47. The van der Waals surface area contributed by atoms with Crippen molar-refractivity contribution in [2.45, 2.75) is 19.9 Å². The van der Waals surface area contributed by atoms with E-state index in [0.717, 1.165) is 30.8 Å². The average Bonchev–Trinajstić information content (AvgIpc) is 2.48. The highest BCUT2D eigenvalue weighted by molar-refractivity contribution is 5.29. The highest BCUT2D eigenvalue weighted by Crippen LogP contribution is 2.25. The lowest BCUT2D eigenvalue weighted by Crippen LogP contribution is -2.18. The molecule has 1 unspecified atom stereocenters. The van der Waals surface area contributed by atoms with Gasteiger partial charge in [0.15, 0.2) is 6.61 Å². The van der Waals surface area contributed by atoms with E-state index in [1.54, 1.807) is 0 Å². The number of hydrogen-bond acceptors (Lipinski definition) is 4. The molecule has 1 atom stereocenters.